The highest BCUT2D eigenvalue weighted by Crippen LogP contribution is 2.13. The lowest BCUT2D eigenvalue weighted by molar-refractivity contribution is -0.385. The van der Waals surface area contributed by atoms with E-state index in [9.17, 15) is 20.2 Å². The van der Waals surface area contributed by atoms with E-state index >= 15 is 0 Å². The number of aromatic nitrogens is 1. The van der Waals surface area contributed by atoms with E-state index in [1.54, 1.807) is 12.1 Å². The van der Waals surface area contributed by atoms with Crippen molar-refractivity contribution in [2.45, 2.75) is 0 Å². The van der Waals surface area contributed by atoms with Crippen molar-refractivity contribution < 1.29 is 9.85 Å². The minimum absolute atomic E-state index is 0.0348. The first-order valence-corrected chi connectivity index (χ1v) is 5.70. The number of anilines is 1. The molecular formula is C12H9N5O4. The zero-order valence-corrected chi connectivity index (χ0v) is 10.5. The second-order valence-electron chi connectivity index (χ2n) is 3.88. The van der Waals surface area contributed by atoms with Gasteiger partial charge in [0.25, 0.3) is 11.4 Å². The molecule has 9 heteroatoms. The fraction of sp³-hybridized carbons (Fsp3) is 0. The monoisotopic (exact) mass is 287 g/mol. The van der Waals surface area contributed by atoms with Crippen molar-refractivity contribution in [3.8, 4) is 0 Å². The summed E-state index contributed by atoms with van der Waals surface area (Å²) in [5.41, 5.74) is 2.96. The second-order valence-corrected chi connectivity index (χ2v) is 3.88. The van der Waals surface area contributed by atoms with Crippen LogP contribution in [-0.4, -0.2) is 21.0 Å². The number of nitrogens with zero attached hydrogens (tertiary/aromatic N) is 4. The quantitative estimate of drug-likeness (QED) is 0.511. The van der Waals surface area contributed by atoms with Gasteiger partial charge in [-0.3, -0.25) is 25.7 Å². The molecule has 0 spiro atoms. The molecule has 0 amide bonds. The van der Waals surface area contributed by atoms with Gasteiger partial charge in [-0.1, -0.05) is 12.1 Å². The fourth-order valence-corrected chi connectivity index (χ4v) is 1.45. The second kappa shape index (κ2) is 6.19. The minimum atomic E-state index is -0.552. The Balaban J connectivity index is 2.03. The SMILES string of the molecule is O=[N+]([O-])c1ccc(N/N=C/c2cccc([N+](=O)[O-])c2)nc1. The van der Waals surface area contributed by atoms with Crippen LogP contribution in [-0.2, 0) is 0 Å². The summed E-state index contributed by atoms with van der Waals surface area (Å²) in [5, 5.41) is 24.9. The van der Waals surface area contributed by atoms with Crippen LogP contribution in [0.2, 0.25) is 0 Å². The summed E-state index contributed by atoms with van der Waals surface area (Å²) in [6.45, 7) is 0. The first kappa shape index (κ1) is 14.1. The number of nitrogens with one attached hydrogen (secondary N) is 1. The number of hydrazone groups is 1. The zero-order chi connectivity index (χ0) is 15.2. The Kier molecular flexibility index (Phi) is 4.14. The van der Waals surface area contributed by atoms with Crippen molar-refractivity contribution in [1.29, 1.82) is 0 Å². The number of hydrogen-bond acceptors (Lipinski definition) is 7. The molecule has 0 saturated carbocycles. The molecule has 0 aliphatic rings. The summed E-state index contributed by atoms with van der Waals surface area (Å²) in [6.07, 6.45) is 2.49. The molecule has 1 heterocycles. The van der Waals surface area contributed by atoms with E-state index in [0.717, 1.165) is 6.20 Å². The van der Waals surface area contributed by atoms with Crippen molar-refractivity contribution in [1.82, 2.24) is 4.98 Å². The molecule has 0 unspecified atom stereocenters. The fourth-order valence-electron chi connectivity index (χ4n) is 1.45. The highest BCUT2D eigenvalue weighted by atomic mass is 16.6. The van der Waals surface area contributed by atoms with Gasteiger partial charge in [-0.2, -0.15) is 5.10 Å². The van der Waals surface area contributed by atoms with E-state index in [-0.39, 0.29) is 11.4 Å². The van der Waals surface area contributed by atoms with Gasteiger partial charge >= 0.3 is 0 Å². The maximum atomic E-state index is 10.6. The topological polar surface area (TPSA) is 124 Å². The van der Waals surface area contributed by atoms with Crippen LogP contribution in [0, 0.1) is 20.2 Å². The smallest absolute Gasteiger partial charge is 0.261 e. The number of hydrogen-bond donors (Lipinski definition) is 1. The van der Waals surface area contributed by atoms with Crippen LogP contribution in [0.3, 0.4) is 0 Å². The van der Waals surface area contributed by atoms with E-state index in [4.69, 9.17) is 0 Å². The maximum Gasteiger partial charge on any atom is 0.287 e. The molecule has 0 aliphatic heterocycles. The highest BCUT2D eigenvalue weighted by Gasteiger charge is 2.05. The summed E-state index contributed by atoms with van der Waals surface area (Å²) >= 11 is 0. The predicted molar refractivity (Wildman–Crippen MR) is 75.2 cm³/mol. The van der Waals surface area contributed by atoms with Crippen LogP contribution in [0.25, 0.3) is 0 Å². The lowest BCUT2D eigenvalue weighted by atomic mass is 10.2. The molecular weight excluding hydrogens is 278 g/mol. The molecule has 0 radical (unpaired) electrons. The number of nitro benzene ring substituents is 1. The van der Waals surface area contributed by atoms with Crippen LogP contribution in [0.1, 0.15) is 5.56 Å². The van der Waals surface area contributed by atoms with Gasteiger partial charge in [0.1, 0.15) is 12.0 Å². The van der Waals surface area contributed by atoms with E-state index < -0.39 is 9.85 Å². The van der Waals surface area contributed by atoms with E-state index in [2.05, 4.69) is 15.5 Å². The van der Waals surface area contributed by atoms with Gasteiger partial charge in [0, 0.05) is 23.8 Å². The number of pyridine rings is 1. The third-order valence-corrected chi connectivity index (χ3v) is 2.43. The molecule has 0 aliphatic carbocycles. The van der Waals surface area contributed by atoms with Crippen LogP contribution in [0.5, 0.6) is 0 Å². The first-order valence-electron chi connectivity index (χ1n) is 5.70. The Bertz CT molecular complexity index is 699. The lowest BCUT2D eigenvalue weighted by Crippen LogP contribution is -1.95. The summed E-state index contributed by atoms with van der Waals surface area (Å²) in [5.74, 6) is 0.322. The number of benzene rings is 1. The van der Waals surface area contributed by atoms with Gasteiger partial charge in [0.15, 0.2) is 0 Å². The van der Waals surface area contributed by atoms with Crippen LogP contribution in [0.4, 0.5) is 17.2 Å². The molecule has 0 saturated heterocycles. The van der Waals surface area contributed by atoms with Crippen molar-refractivity contribution in [3.63, 3.8) is 0 Å². The molecule has 106 valence electrons. The third-order valence-electron chi connectivity index (χ3n) is 2.43. The molecule has 0 bridgehead atoms. The van der Waals surface area contributed by atoms with Gasteiger partial charge in [-0.25, -0.2) is 4.98 Å². The number of nitro groups is 2. The van der Waals surface area contributed by atoms with E-state index in [1.807, 2.05) is 0 Å². The first-order chi connectivity index (χ1) is 10.1. The van der Waals surface area contributed by atoms with E-state index in [0.29, 0.717) is 11.4 Å². The standard InChI is InChI=1S/C12H9N5O4/c18-16(19)10-3-1-2-9(6-10)7-14-15-12-5-4-11(8-13-12)17(20)21/h1-8H,(H,13,15)/b14-7+. The molecule has 1 aromatic carbocycles. The highest BCUT2D eigenvalue weighted by molar-refractivity contribution is 5.81. The lowest BCUT2D eigenvalue weighted by Gasteiger charge is -1.98. The van der Waals surface area contributed by atoms with Crippen molar-refractivity contribution >= 4 is 23.4 Å². The molecule has 9 nitrogen and oxygen atoms in total. The molecule has 1 N–H and O–H groups in total. The largest absolute Gasteiger partial charge is 0.287 e. The average molecular weight is 287 g/mol. The third kappa shape index (κ3) is 3.80. The van der Waals surface area contributed by atoms with Crippen molar-refractivity contribution in [2.24, 2.45) is 5.10 Å². The van der Waals surface area contributed by atoms with Gasteiger partial charge in [-0.05, 0) is 6.07 Å². The summed E-state index contributed by atoms with van der Waals surface area (Å²) in [7, 11) is 0. The Labute approximate surface area is 118 Å². The van der Waals surface area contributed by atoms with E-state index in [1.165, 1.54) is 30.5 Å². The molecule has 2 rings (SSSR count). The predicted octanol–water partition coefficient (Wildman–Crippen LogP) is 2.34. The summed E-state index contributed by atoms with van der Waals surface area (Å²) in [6, 6.07) is 8.64. The van der Waals surface area contributed by atoms with Crippen LogP contribution >= 0.6 is 0 Å². The zero-order valence-electron chi connectivity index (χ0n) is 10.5. The Morgan fingerprint density at radius 3 is 2.48 bits per heavy atom. The van der Waals surface area contributed by atoms with Crippen molar-refractivity contribution in [3.05, 3.63) is 68.4 Å². The Hall–Kier alpha value is -3.36. The number of non-ortho nitro benzene ring substituents is 1. The Morgan fingerprint density at radius 2 is 1.86 bits per heavy atom. The maximum absolute atomic E-state index is 10.6. The minimum Gasteiger partial charge on any atom is -0.261 e. The number of rotatable bonds is 5. The average Bonchev–Trinajstić information content (AvgIpc) is 2.48. The Morgan fingerprint density at radius 1 is 1.10 bits per heavy atom. The van der Waals surface area contributed by atoms with Gasteiger partial charge < -0.3 is 0 Å². The molecule has 0 fully saturated rings. The van der Waals surface area contributed by atoms with Crippen LogP contribution in [0.15, 0.2) is 47.7 Å². The van der Waals surface area contributed by atoms with Crippen molar-refractivity contribution in [2.75, 3.05) is 5.43 Å². The summed E-state index contributed by atoms with van der Waals surface area (Å²) < 4.78 is 0. The van der Waals surface area contributed by atoms with Gasteiger partial charge in [0.2, 0.25) is 0 Å². The summed E-state index contributed by atoms with van der Waals surface area (Å²) in [4.78, 5) is 23.8. The normalized spacial score (nSPS) is 10.5. The van der Waals surface area contributed by atoms with Gasteiger partial charge in [0.05, 0.1) is 16.1 Å². The van der Waals surface area contributed by atoms with Crippen LogP contribution < -0.4 is 5.43 Å². The molecule has 0 atom stereocenters. The van der Waals surface area contributed by atoms with Gasteiger partial charge in [-0.15, -0.1) is 0 Å². The molecule has 2 aromatic rings. The molecule has 1 aromatic heterocycles. The molecule has 21 heavy (non-hydrogen) atoms.